The van der Waals surface area contributed by atoms with E-state index in [4.69, 9.17) is 14.2 Å². The van der Waals surface area contributed by atoms with Crippen LogP contribution in [0.15, 0.2) is 72.8 Å². The number of hydrogen-bond donors (Lipinski definition) is 2. The summed E-state index contributed by atoms with van der Waals surface area (Å²) in [4.78, 5) is 24.8. The highest BCUT2D eigenvalue weighted by Crippen LogP contribution is 2.27. The molecule has 7 heteroatoms. The first-order chi connectivity index (χ1) is 15.1. The average molecular weight is 420 g/mol. The molecule has 0 saturated carbocycles. The number of carbonyl (C=O) groups is 2. The van der Waals surface area contributed by atoms with Gasteiger partial charge < -0.3 is 24.8 Å². The van der Waals surface area contributed by atoms with Crippen molar-refractivity contribution in [3.63, 3.8) is 0 Å². The minimum absolute atomic E-state index is 0.219. The Morgan fingerprint density at radius 3 is 2.26 bits per heavy atom. The van der Waals surface area contributed by atoms with Crippen molar-refractivity contribution in [3.05, 3.63) is 83.9 Å². The number of anilines is 1. The number of hydrogen-bond acceptors (Lipinski definition) is 5. The van der Waals surface area contributed by atoms with E-state index in [1.165, 1.54) is 0 Å². The number of benzene rings is 3. The first-order valence-corrected chi connectivity index (χ1v) is 9.66. The molecule has 0 radical (unpaired) electrons. The molecule has 31 heavy (non-hydrogen) atoms. The standard InChI is InChI=1S/C24H24N2O5/c1-29-21-13-12-17(14-22(21)30-2)15-25-23(27)16-31-20-11-7-6-10-19(20)24(28)26-18-8-4-3-5-9-18/h3-14H,15-16H2,1-2H3,(H,25,27)(H,26,28). The predicted molar refractivity (Wildman–Crippen MR) is 118 cm³/mol. The molecule has 0 saturated heterocycles. The number of methoxy groups -OCH3 is 2. The second-order valence-corrected chi connectivity index (χ2v) is 6.57. The van der Waals surface area contributed by atoms with Gasteiger partial charge in [0.1, 0.15) is 5.75 Å². The number of amides is 2. The molecule has 0 bridgehead atoms. The molecule has 0 unspecified atom stereocenters. The fourth-order valence-electron chi connectivity index (χ4n) is 2.89. The molecule has 160 valence electrons. The Hall–Kier alpha value is -4.00. The summed E-state index contributed by atoms with van der Waals surface area (Å²) in [5.74, 6) is 0.910. The SMILES string of the molecule is COc1ccc(CNC(=O)COc2ccccc2C(=O)Nc2ccccc2)cc1OC. The summed E-state index contributed by atoms with van der Waals surface area (Å²) in [7, 11) is 3.12. The van der Waals surface area contributed by atoms with Crippen LogP contribution in [0.1, 0.15) is 15.9 Å². The maximum absolute atomic E-state index is 12.6. The Kier molecular flexibility index (Phi) is 7.48. The highest BCUT2D eigenvalue weighted by atomic mass is 16.5. The minimum atomic E-state index is -0.312. The van der Waals surface area contributed by atoms with Crippen molar-refractivity contribution < 1.29 is 23.8 Å². The van der Waals surface area contributed by atoms with Crippen LogP contribution in [0, 0.1) is 0 Å². The molecule has 7 nitrogen and oxygen atoms in total. The van der Waals surface area contributed by atoms with E-state index >= 15 is 0 Å². The summed E-state index contributed by atoms with van der Waals surface area (Å²) in [6, 6.07) is 21.3. The molecule has 0 spiro atoms. The van der Waals surface area contributed by atoms with Crippen LogP contribution in [0.25, 0.3) is 0 Å². The highest BCUT2D eigenvalue weighted by molar-refractivity contribution is 6.06. The third-order valence-corrected chi connectivity index (χ3v) is 4.46. The minimum Gasteiger partial charge on any atom is -0.493 e. The van der Waals surface area contributed by atoms with Crippen molar-refractivity contribution in [2.24, 2.45) is 0 Å². The Balaban J connectivity index is 1.56. The van der Waals surface area contributed by atoms with Crippen molar-refractivity contribution in [1.29, 1.82) is 0 Å². The van der Waals surface area contributed by atoms with Gasteiger partial charge in [-0.1, -0.05) is 36.4 Å². The molecular weight excluding hydrogens is 396 g/mol. The third-order valence-electron chi connectivity index (χ3n) is 4.46. The topological polar surface area (TPSA) is 85.9 Å². The summed E-state index contributed by atoms with van der Waals surface area (Å²) in [5, 5.41) is 5.60. The smallest absolute Gasteiger partial charge is 0.259 e. The van der Waals surface area contributed by atoms with Crippen LogP contribution < -0.4 is 24.8 Å². The van der Waals surface area contributed by atoms with Gasteiger partial charge in [0, 0.05) is 12.2 Å². The van der Waals surface area contributed by atoms with Crippen LogP contribution >= 0.6 is 0 Å². The fourth-order valence-corrected chi connectivity index (χ4v) is 2.89. The first-order valence-electron chi connectivity index (χ1n) is 9.66. The van der Waals surface area contributed by atoms with Crippen LogP contribution in [0.2, 0.25) is 0 Å². The molecule has 3 aromatic carbocycles. The van der Waals surface area contributed by atoms with E-state index in [9.17, 15) is 9.59 Å². The van der Waals surface area contributed by atoms with E-state index in [0.29, 0.717) is 35.0 Å². The van der Waals surface area contributed by atoms with Crippen molar-refractivity contribution >= 4 is 17.5 Å². The van der Waals surface area contributed by atoms with Crippen LogP contribution in [0.5, 0.6) is 17.2 Å². The second-order valence-electron chi connectivity index (χ2n) is 6.57. The third kappa shape index (κ3) is 5.99. The van der Waals surface area contributed by atoms with Gasteiger partial charge in [0.25, 0.3) is 11.8 Å². The quantitative estimate of drug-likeness (QED) is 0.552. The van der Waals surface area contributed by atoms with Crippen LogP contribution in [0.4, 0.5) is 5.69 Å². The Bertz CT molecular complexity index is 1040. The fraction of sp³-hybridized carbons (Fsp3) is 0.167. The van der Waals surface area contributed by atoms with Crippen molar-refractivity contribution in [1.82, 2.24) is 5.32 Å². The summed E-state index contributed by atoms with van der Waals surface area (Å²) in [6.45, 7) is 0.0849. The van der Waals surface area contributed by atoms with Gasteiger partial charge >= 0.3 is 0 Å². The largest absolute Gasteiger partial charge is 0.493 e. The zero-order valence-corrected chi connectivity index (χ0v) is 17.4. The Labute approximate surface area is 180 Å². The number of rotatable bonds is 9. The zero-order valence-electron chi connectivity index (χ0n) is 17.4. The highest BCUT2D eigenvalue weighted by Gasteiger charge is 2.14. The maximum Gasteiger partial charge on any atom is 0.259 e. The first kappa shape index (κ1) is 21.7. The number of nitrogens with one attached hydrogen (secondary N) is 2. The molecule has 2 N–H and O–H groups in total. The van der Waals surface area contributed by atoms with Gasteiger partial charge in [0.15, 0.2) is 18.1 Å². The van der Waals surface area contributed by atoms with Gasteiger partial charge in [-0.3, -0.25) is 9.59 Å². The van der Waals surface area contributed by atoms with E-state index in [0.717, 1.165) is 5.56 Å². The Morgan fingerprint density at radius 1 is 0.806 bits per heavy atom. The van der Waals surface area contributed by atoms with Gasteiger partial charge in [0.05, 0.1) is 19.8 Å². The van der Waals surface area contributed by atoms with E-state index < -0.39 is 0 Å². The average Bonchev–Trinajstić information content (AvgIpc) is 2.82. The molecular formula is C24H24N2O5. The second kappa shape index (κ2) is 10.7. The van der Waals surface area contributed by atoms with Crippen LogP contribution in [-0.4, -0.2) is 32.6 Å². The van der Waals surface area contributed by atoms with E-state index in [-0.39, 0.29) is 18.4 Å². The number of ether oxygens (including phenoxy) is 3. The van der Waals surface area contributed by atoms with Gasteiger partial charge in [-0.15, -0.1) is 0 Å². The normalized spacial score (nSPS) is 10.1. The van der Waals surface area contributed by atoms with Crippen LogP contribution in [0.3, 0.4) is 0 Å². The molecule has 0 atom stereocenters. The van der Waals surface area contributed by atoms with Crippen molar-refractivity contribution in [2.45, 2.75) is 6.54 Å². The van der Waals surface area contributed by atoms with Gasteiger partial charge in [0.2, 0.25) is 0 Å². The molecule has 0 heterocycles. The Morgan fingerprint density at radius 2 is 1.52 bits per heavy atom. The molecule has 0 aromatic heterocycles. The van der Waals surface area contributed by atoms with Crippen molar-refractivity contribution in [3.8, 4) is 17.2 Å². The molecule has 2 amide bonds. The number of para-hydroxylation sites is 2. The summed E-state index contributed by atoms with van der Waals surface area (Å²) < 4.78 is 16.1. The van der Waals surface area contributed by atoms with Gasteiger partial charge in [-0.05, 0) is 42.0 Å². The van der Waals surface area contributed by atoms with Crippen molar-refractivity contribution in [2.75, 3.05) is 26.1 Å². The van der Waals surface area contributed by atoms with E-state index in [2.05, 4.69) is 10.6 Å². The summed E-state index contributed by atoms with van der Waals surface area (Å²) in [6.07, 6.45) is 0. The lowest BCUT2D eigenvalue weighted by Crippen LogP contribution is -2.28. The van der Waals surface area contributed by atoms with Crippen LogP contribution in [-0.2, 0) is 11.3 Å². The molecule has 0 fully saturated rings. The summed E-state index contributed by atoms with van der Waals surface area (Å²) in [5.41, 5.74) is 1.88. The molecule has 0 aliphatic carbocycles. The molecule has 0 aliphatic heterocycles. The number of carbonyl (C=O) groups excluding carboxylic acids is 2. The van der Waals surface area contributed by atoms with Gasteiger partial charge in [-0.25, -0.2) is 0 Å². The summed E-state index contributed by atoms with van der Waals surface area (Å²) >= 11 is 0. The van der Waals surface area contributed by atoms with Gasteiger partial charge in [-0.2, -0.15) is 0 Å². The lowest BCUT2D eigenvalue weighted by atomic mass is 10.2. The lowest BCUT2D eigenvalue weighted by molar-refractivity contribution is -0.123. The van der Waals surface area contributed by atoms with E-state index in [1.807, 2.05) is 24.3 Å². The monoisotopic (exact) mass is 420 g/mol. The molecule has 0 aliphatic rings. The maximum atomic E-state index is 12.6. The lowest BCUT2D eigenvalue weighted by Gasteiger charge is -2.13. The predicted octanol–water partition coefficient (Wildman–Crippen LogP) is 3.65. The zero-order chi connectivity index (χ0) is 22.1. The molecule has 3 rings (SSSR count). The van der Waals surface area contributed by atoms with E-state index in [1.54, 1.807) is 62.8 Å². The molecule has 3 aromatic rings.